The number of hydrogen-bond acceptors (Lipinski definition) is 3. The summed E-state index contributed by atoms with van der Waals surface area (Å²) in [6, 6.07) is 0.632. The molecule has 0 atom stereocenters. The number of nitrogens with two attached hydrogens (primary N) is 1. The van der Waals surface area contributed by atoms with E-state index in [1.165, 1.54) is 70.0 Å². The van der Waals surface area contributed by atoms with Crippen molar-refractivity contribution in [1.29, 1.82) is 0 Å². The third-order valence-electron chi connectivity index (χ3n) is 5.50. The van der Waals surface area contributed by atoms with Gasteiger partial charge in [0.2, 0.25) is 0 Å². The van der Waals surface area contributed by atoms with Gasteiger partial charge in [-0.1, -0.05) is 38.5 Å². The molecule has 3 rings (SSSR count). The average molecular weight is 276 g/mol. The molecular formula is C16H28N4. The van der Waals surface area contributed by atoms with Gasteiger partial charge in [-0.25, -0.2) is 0 Å². The van der Waals surface area contributed by atoms with E-state index < -0.39 is 0 Å². The Morgan fingerprint density at radius 3 is 2.50 bits per heavy atom. The molecule has 0 aliphatic heterocycles. The van der Waals surface area contributed by atoms with Gasteiger partial charge >= 0.3 is 0 Å². The van der Waals surface area contributed by atoms with Crippen molar-refractivity contribution in [3.63, 3.8) is 0 Å². The maximum absolute atomic E-state index is 6.13. The topological polar surface area (TPSA) is 56.7 Å². The lowest BCUT2D eigenvalue weighted by molar-refractivity contribution is 0.188. The van der Waals surface area contributed by atoms with Crippen LogP contribution in [0.4, 0.5) is 0 Å². The van der Waals surface area contributed by atoms with E-state index in [1.807, 2.05) is 6.33 Å². The standard InChI is InChI=1S/C16H28N4/c17-12-16(9-5-2-6-10-16)11-15-19-18-13-20(15)14-7-3-1-4-8-14/h13-14H,1-12,17H2. The molecule has 2 saturated carbocycles. The Bertz CT molecular complexity index is 414. The van der Waals surface area contributed by atoms with E-state index in [9.17, 15) is 0 Å². The lowest BCUT2D eigenvalue weighted by atomic mass is 9.71. The summed E-state index contributed by atoms with van der Waals surface area (Å²) in [5.41, 5.74) is 6.42. The summed E-state index contributed by atoms with van der Waals surface area (Å²) < 4.78 is 2.37. The summed E-state index contributed by atoms with van der Waals surface area (Å²) in [7, 11) is 0. The molecule has 0 saturated heterocycles. The summed E-state index contributed by atoms with van der Waals surface area (Å²) in [4.78, 5) is 0. The first-order valence-corrected chi connectivity index (χ1v) is 8.41. The molecule has 1 aromatic heterocycles. The van der Waals surface area contributed by atoms with Gasteiger partial charge in [0.05, 0.1) is 0 Å². The van der Waals surface area contributed by atoms with Crippen molar-refractivity contribution in [1.82, 2.24) is 14.8 Å². The molecular weight excluding hydrogens is 248 g/mol. The summed E-state index contributed by atoms with van der Waals surface area (Å²) in [5.74, 6) is 1.18. The van der Waals surface area contributed by atoms with Crippen molar-refractivity contribution in [2.75, 3.05) is 6.54 Å². The average Bonchev–Trinajstić information content (AvgIpc) is 2.97. The zero-order valence-corrected chi connectivity index (χ0v) is 12.6. The van der Waals surface area contributed by atoms with Gasteiger partial charge < -0.3 is 10.3 Å². The lowest BCUT2D eigenvalue weighted by Crippen LogP contribution is -2.36. The van der Waals surface area contributed by atoms with Crippen molar-refractivity contribution in [2.45, 2.75) is 76.7 Å². The van der Waals surface area contributed by atoms with Crippen LogP contribution < -0.4 is 5.73 Å². The molecule has 2 aliphatic rings. The van der Waals surface area contributed by atoms with Crippen LogP contribution in [0.1, 0.15) is 76.1 Å². The molecule has 4 nitrogen and oxygen atoms in total. The van der Waals surface area contributed by atoms with Crippen LogP contribution in [0.3, 0.4) is 0 Å². The number of aromatic nitrogens is 3. The fourth-order valence-corrected chi connectivity index (χ4v) is 4.15. The van der Waals surface area contributed by atoms with Crippen LogP contribution in [-0.4, -0.2) is 21.3 Å². The summed E-state index contributed by atoms with van der Waals surface area (Å²) in [6.45, 7) is 0.796. The van der Waals surface area contributed by atoms with E-state index >= 15 is 0 Å². The van der Waals surface area contributed by atoms with E-state index in [4.69, 9.17) is 5.73 Å². The second-order valence-corrected chi connectivity index (χ2v) is 6.89. The zero-order chi connectivity index (χ0) is 13.8. The number of rotatable bonds is 4. The van der Waals surface area contributed by atoms with E-state index in [-0.39, 0.29) is 5.41 Å². The third-order valence-corrected chi connectivity index (χ3v) is 5.50. The van der Waals surface area contributed by atoms with Gasteiger partial charge in [0.15, 0.2) is 0 Å². The Kier molecular flexibility index (Phi) is 4.39. The molecule has 20 heavy (non-hydrogen) atoms. The Morgan fingerprint density at radius 2 is 1.80 bits per heavy atom. The highest BCUT2D eigenvalue weighted by Crippen LogP contribution is 2.39. The molecule has 0 spiro atoms. The first kappa shape index (κ1) is 14.1. The smallest absolute Gasteiger partial charge is 0.133 e. The Hall–Kier alpha value is -0.900. The normalized spacial score (nSPS) is 23.9. The predicted molar refractivity (Wildman–Crippen MR) is 80.4 cm³/mol. The number of nitrogens with zero attached hydrogens (tertiary/aromatic N) is 3. The first-order chi connectivity index (χ1) is 9.83. The molecule has 2 N–H and O–H groups in total. The Labute approximate surface area is 122 Å². The van der Waals surface area contributed by atoms with E-state index in [1.54, 1.807) is 0 Å². The minimum Gasteiger partial charge on any atom is -0.330 e. The third kappa shape index (κ3) is 2.90. The second kappa shape index (κ2) is 6.25. The number of hydrogen-bond donors (Lipinski definition) is 1. The van der Waals surface area contributed by atoms with Crippen LogP contribution in [0.25, 0.3) is 0 Å². The quantitative estimate of drug-likeness (QED) is 0.918. The van der Waals surface area contributed by atoms with Crippen molar-refractivity contribution in [3.05, 3.63) is 12.2 Å². The highest BCUT2D eigenvalue weighted by atomic mass is 15.3. The van der Waals surface area contributed by atoms with E-state index in [0.29, 0.717) is 6.04 Å². The van der Waals surface area contributed by atoms with Gasteiger partial charge in [-0.05, 0) is 37.6 Å². The van der Waals surface area contributed by atoms with Crippen molar-refractivity contribution >= 4 is 0 Å². The van der Waals surface area contributed by atoms with Crippen molar-refractivity contribution in [3.8, 4) is 0 Å². The molecule has 2 fully saturated rings. The van der Waals surface area contributed by atoms with Crippen molar-refractivity contribution < 1.29 is 0 Å². The summed E-state index contributed by atoms with van der Waals surface area (Å²) in [6.07, 6.45) is 16.2. The van der Waals surface area contributed by atoms with Crippen LogP contribution in [-0.2, 0) is 6.42 Å². The maximum atomic E-state index is 6.13. The fraction of sp³-hybridized carbons (Fsp3) is 0.875. The lowest BCUT2D eigenvalue weighted by Gasteiger charge is -2.36. The first-order valence-electron chi connectivity index (χ1n) is 8.41. The monoisotopic (exact) mass is 276 g/mol. The van der Waals surface area contributed by atoms with Gasteiger partial charge in [0, 0.05) is 12.5 Å². The van der Waals surface area contributed by atoms with Crippen LogP contribution in [0.15, 0.2) is 6.33 Å². The SMILES string of the molecule is NCC1(Cc2nncn2C2CCCCC2)CCCCC1. The van der Waals surface area contributed by atoms with Gasteiger partial charge in [-0.3, -0.25) is 0 Å². The van der Waals surface area contributed by atoms with Gasteiger partial charge in [0.1, 0.15) is 12.2 Å². The Balaban J connectivity index is 1.75. The second-order valence-electron chi connectivity index (χ2n) is 6.89. The molecule has 0 bridgehead atoms. The Morgan fingerprint density at radius 1 is 1.10 bits per heavy atom. The zero-order valence-electron chi connectivity index (χ0n) is 12.6. The summed E-state index contributed by atoms with van der Waals surface area (Å²) >= 11 is 0. The predicted octanol–water partition coefficient (Wildman–Crippen LogP) is 3.24. The molecule has 0 aromatic carbocycles. The molecule has 0 radical (unpaired) electrons. The van der Waals surface area contributed by atoms with E-state index in [2.05, 4.69) is 14.8 Å². The highest BCUT2D eigenvalue weighted by Gasteiger charge is 2.33. The van der Waals surface area contributed by atoms with Crippen LogP contribution >= 0.6 is 0 Å². The molecule has 1 heterocycles. The molecule has 112 valence electrons. The molecule has 0 amide bonds. The summed E-state index contributed by atoms with van der Waals surface area (Å²) in [5, 5.41) is 8.64. The van der Waals surface area contributed by atoms with Crippen LogP contribution in [0, 0.1) is 5.41 Å². The maximum Gasteiger partial charge on any atom is 0.133 e. The minimum atomic E-state index is 0.289. The van der Waals surface area contributed by atoms with Crippen molar-refractivity contribution in [2.24, 2.45) is 11.1 Å². The van der Waals surface area contributed by atoms with Gasteiger partial charge in [-0.15, -0.1) is 10.2 Å². The van der Waals surface area contributed by atoms with Crippen LogP contribution in [0.2, 0.25) is 0 Å². The van der Waals surface area contributed by atoms with Gasteiger partial charge in [0.25, 0.3) is 0 Å². The van der Waals surface area contributed by atoms with Crippen LogP contribution in [0.5, 0.6) is 0 Å². The molecule has 1 aromatic rings. The minimum absolute atomic E-state index is 0.289. The molecule has 0 unspecified atom stereocenters. The molecule has 4 heteroatoms. The fourth-order valence-electron chi connectivity index (χ4n) is 4.15. The largest absolute Gasteiger partial charge is 0.330 e. The van der Waals surface area contributed by atoms with Gasteiger partial charge in [-0.2, -0.15) is 0 Å². The molecule has 2 aliphatic carbocycles. The highest BCUT2D eigenvalue weighted by molar-refractivity contribution is 4.98. The van der Waals surface area contributed by atoms with E-state index in [0.717, 1.165) is 13.0 Å².